The molecule has 0 atom stereocenters. The molecule has 158 valence electrons. The van der Waals surface area contributed by atoms with E-state index in [9.17, 15) is 13.2 Å². The van der Waals surface area contributed by atoms with Crippen molar-refractivity contribution in [3.8, 4) is 5.75 Å². The van der Waals surface area contributed by atoms with Crippen LogP contribution in [0.1, 0.15) is 25.3 Å². The third-order valence-electron chi connectivity index (χ3n) is 4.30. The first-order valence-corrected chi connectivity index (χ1v) is 11.7. The van der Waals surface area contributed by atoms with E-state index in [0.29, 0.717) is 36.0 Å². The van der Waals surface area contributed by atoms with Crippen LogP contribution < -0.4 is 14.4 Å². The van der Waals surface area contributed by atoms with Crippen LogP contribution in [0.25, 0.3) is 0 Å². The van der Waals surface area contributed by atoms with Gasteiger partial charge in [0.1, 0.15) is 12.4 Å². The average Bonchev–Trinajstić information content (AvgIpc) is 2.69. The molecule has 6 nitrogen and oxygen atoms in total. The number of ether oxygens (including phenoxy) is 1. The molecule has 0 aromatic heterocycles. The van der Waals surface area contributed by atoms with E-state index in [1.54, 1.807) is 36.4 Å². The van der Waals surface area contributed by atoms with Crippen LogP contribution in [0.15, 0.2) is 48.5 Å². The lowest BCUT2D eigenvalue weighted by molar-refractivity contribution is -0.121. The molecule has 0 heterocycles. The normalized spacial score (nSPS) is 11.1. The maximum Gasteiger partial charge on any atom is 0.232 e. The third-order valence-corrected chi connectivity index (χ3v) is 5.75. The van der Waals surface area contributed by atoms with E-state index >= 15 is 0 Å². The zero-order chi connectivity index (χ0) is 21.3. The van der Waals surface area contributed by atoms with Crippen LogP contribution in [0.4, 0.5) is 5.69 Å². The molecule has 0 aliphatic carbocycles. The summed E-state index contributed by atoms with van der Waals surface area (Å²) in [5.41, 5.74) is 1.75. The van der Waals surface area contributed by atoms with Crippen LogP contribution in [0.5, 0.6) is 5.75 Å². The molecule has 0 spiro atoms. The van der Waals surface area contributed by atoms with Gasteiger partial charge in [-0.05, 0) is 54.8 Å². The minimum atomic E-state index is -3.42. The van der Waals surface area contributed by atoms with Gasteiger partial charge in [0, 0.05) is 18.0 Å². The van der Waals surface area contributed by atoms with Crippen molar-refractivity contribution in [2.45, 2.75) is 26.2 Å². The summed E-state index contributed by atoms with van der Waals surface area (Å²) in [5.74, 6) is 0.543. The minimum absolute atomic E-state index is 0.139. The molecule has 0 fully saturated rings. The number of anilines is 1. The largest absolute Gasteiger partial charge is 0.492 e. The Bertz CT molecular complexity index is 884. The Labute approximate surface area is 177 Å². The molecule has 0 bridgehead atoms. The molecule has 0 unspecified atom stereocenters. The molecule has 0 radical (unpaired) electrons. The fraction of sp³-hybridized carbons (Fsp3) is 0.381. The number of nitrogens with one attached hydrogen (secondary N) is 1. The number of sulfonamides is 1. The quantitative estimate of drug-likeness (QED) is 0.543. The highest BCUT2D eigenvalue weighted by Crippen LogP contribution is 2.19. The van der Waals surface area contributed by atoms with Gasteiger partial charge in [0.25, 0.3) is 0 Å². The van der Waals surface area contributed by atoms with Crippen molar-refractivity contribution in [3.63, 3.8) is 0 Å². The number of aryl methyl sites for hydroxylation is 1. The lowest BCUT2D eigenvalue weighted by atomic mass is 10.1. The molecule has 2 aromatic rings. The number of benzene rings is 2. The van der Waals surface area contributed by atoms with E-state index in [4.69, 9.17) is 16.3 Å². The summed E-state index contributed by atoms with van der Waals surface area (Å²) < 4.78 is 31.1. The lowest BCUT2D eigenvalue weighted by Crippen LogP contribution is -2.32. The summed E-state index contributed by atoms with van der Waals surface area (Å²) in [6.07, 6.45) is 2.72. The fourth-order valence-corrected chi connectivity index (χ4v) is 3.84. The third kappa shape index (κ3) is 7.95. The van der Waals surface area contributed by atoms with Gasteiger partial charge in [-0.15, -0.1) is 0 Å². The van der Waals surface area contributed by atoms with Crippen molar-refractivity contribution in [2.75, 3.05) is 30.3 Å². The molecule has 0 aliphatic heterocycles. The molecule has 2 rings (SSSR count). The van der Waals surface area contributed by atoms with Crippen LogP contribution in [0.3, 0.4) is 0 Å². The molecule has 0 aliphatic rings. The van der Waals surface area contributed by atoms with E-state index in [1.165, 1.54) is 10.6 Å². The highest BCUT2D eigenvalue weighted by Gasteiger charge is 2.17. The minimum Gasteiger partial charge on any atom is -0.492 e. The van der Waals surface area contributed by atoms with Crippen molar-refractivity contribution in [1.29, 1.82) is 0 Å². The molecule has 0 saturated carbocycles. The molecule has 29 heavy (non-hydrogen) atoms. The Morgan fingerprint density at radius 1 is 1.10 bits per heavy atom. The summed E-state index contributed by atoms with van der Waals surface area (Å²) in [7, 11) is -3.42. The van der Waals surface area contributed by atoms with Crippen LogP contribution in [0, 0.1) is 0 Å². The second kappa shape index (κ2) is 11.1. The van der Waals surface area contributed by atoms with Crippen molar-refractivity contribution in [3.05, 3.63) is 59.1 Å². The number of hydrogen-bond donors (Lipinski definition) is 1. The van der Waals surface area contributed by atoms with Crippen LogP contribution >= 0.6 is 11.6 Å². The molecular formula is C21H27ClN2O4S. The zero-order valence-electron chi connectivity index (χ0n) is 16.7. The number of nitrogens with zero attached hydrogens (tertiary/aromatic N) is 1. The standard InChI is InChI=1S/C21H27ClN2O4S/c1-3-17-6-10-19(11-7-17)24(29(2,26)27)15-4-5-21(25)23-14-16-28-20-12-8-18(22)9-13-20/h6-13H,3-5,14-16H2,1-2H3,(H,23,25). The molecule has 2 aromatic carbocycles. The highest BCUT2D eigenvalue weighted by atomic mass is 35.5. The average molecular weight is 439 g/mol. The van der Waals surface area contributed by atoms with Gasteiger partial charge in [0.05, 0.1) is 18.5 Å². The Balaban J connectivity index is 1.75. The number of amides is 1. The summed E-state index contributed by atoms with van der Waals surface area (Å²) in [6.45, 7) is 3.00. The van der Waals surface area contributed by atoms with Gasteiger partial charge in [0.15, 0.2) is 0 Å². The molecule has 8 heteroatoms. The Hall–Kier alpha value is -2.25. The Morgan fingerprint density at radius 2 is 1.76 bits per heavy atom. The summed E-state index contributed by atoms with van der Waals surface area (Å²) >= 11 is 5.81. The summed E-state index contributed by atoms with van der Waals surface area (Å²) in [5, 5.41) is 3.41. The number of halogens is 1. The van der Waals surface area contributed by atoms with Crippen molar-refractivity contribution >= 4 is 33.2 Å². The number of carbonyl (C=O) groups is 1. The van der Waals surface area contributed by atoms with Gasteiger partial charge in [-0.2, -0.15) is 0 Å². The first-order valence-electron chi connectivity index (χ1n) is 9.51. The van der Waals surface area contributed by atoms with Gasteiger partial charge in [-0.1, -0.05) is 30.7 Å². The predicted octanol–water partition coefficient (Wildman–Crippen LogP) is 3.64. The van der Waals surface area contributed by atoms with Gasteiger partial charge >= 0.3 is 0 Å². The number of rotatable bonds is 11. The number of carbonyl (C=O) groups excluding carboxylic acids is 1. The van der Waals surface area contributed by atoms with Gasteiger partial charge in [-0.25, -0.2) is 8.42 Å². The Morgan fingerprint density at radius 3 is 2.34 bits per heavy atom. The predicted molar refractivity (Wildman–Crippen MR) is 117 cm³/mol. The monoisotopic (exact) mass is 438 g/mol. The van der Waals surface area contributed by atoms with Gasteiger partial charge < -0.3 is 10.1 Å². The van der Waals surface area contributed by atoms with Crippen LogP contribution in [-0.2, 0) is 21.2 Å². The first-order chi connectivity index (χ1) is 13.8. The fourth-order valence-electron chi connectivity index (χ4n) is 2.75. The second-order valence-corrected chi connectivity index (χ2v) is 8.95. The first kappa shape index (κ1) is 23.0. The van der Waals surface area contributed by atoms with Gasteiger partial charge in [-0.3, -0.25) is 9.10 Å². The van der Waals surface area contributed by atoms with Crippen LogP contribution in [0.2, 0.25) is 5.02 Å². The topological polar surface area (TPSA) is 75.7 Å². The maximum atomic E-state index is 12.1. The van der Waals surface area contributed by atoms with Crippen molar-refractivity contribution < 1.29 is 17.9 Å². The Kier molecular flexibility index (Phi) is 8.79. The van der Waals surface area contributed by atoms with E-state index in [-0.39, 0.29) is 18.9 Å². The molecular weight excluding hydrogens is 412 g/mol. The summed E-state index contributed by atoms with van der Waals surface area (Å²) in [6, 6.07) is 14.4. The SMILES string of the molecule is CCc1ccc(N(CCCC(=O)NCCOc2ccc(Cl)cc2)S(C)(=O)=O)cc1. The van der Waals surface area contributed by atoms with E-state index < -0.39 is 10.0 Å². The number of hydrogen-bond acceptors (Lipinski definition) is 4. The highest BCUT2D eigenvalue weighted by molar-refractivity contribution is 7.92. The molecule has 1 amide bonds. The van der Waals surface area contributed by atoms with Crippen LogP contribution in [-0.4, -0.2) is 40.3 Å². The summed E-state index contributed by atoms with van der Waals surface area (Å²) in [4.78, 5) is 12.0. The maximum absolute atomic E-state index is 12.1. The van der Waals surface area contributed by atoms with Crippen molar-refractivity contribution in [1.82, 2.24) is 5.32 Å². The zero-order valence-corrected chi connectivity index (χ0v) is 18.3. The van der Waals surface area contributed by atoms with Gasteiger partial charge in [0.2, 0.25) is 15.9 Å². The lowest BCUT2D eigenvalue weighted by Gasteiger charge is -2.22. The van der Waals surface area contributed by atoms with E-state index in [0.717, 1.165) is 12.0 Å². The van der Waals surface area contributed by atoms with E-state index in [2.05, 4.69) is 5.32 Å². The molecule has 0 saturated heterocycles. The van der Waals surface area contributed by atoms with Crippen molar-refractivity contribution in [2.24, 2.45) is 0 Å². The second-order valence-electron chi connectivity index (χ2n) is 6.61. The smallest absolute Gasteiger partial charge is 0.232 e. The van der Waals surface area contributed by atoms with E-state index in [1.807, 2.05) is 19.1 Å². The molecule has 1 N–H and O–H groups in total.